The minimum absolute atomic E-state index is 0.163. The van der Waals surface area contributed by atoms with Crippen LogP contribution in [0.25, 0.3) is 0 Å². The Morgan fingerprint density at radius 2 is 2.11 bits per heavy atom. The molecule has 1 aromatic carbocycles. The number of esters is 1. The van der Waals surface area contributed by atoms with E-state index >= 15 is 0 Å². The minimum atomic E-state index is -0.520. The molecule has 0 radical (unpaired) electrons. The maximum atomic E-state index is 11.8. The molecule has 1 unspecified atom stereocenters. The lowest BCUT2D eigenvalue weighted by atomic mass is 9.90. The van der Waals surface area contributed by atoms with Gasteiger partial charge in [-0.25, -0.2) is 4.79 Å². The summed E-state index contributed by atoms with van der Waals surface area (Å²) < 4.78 is 10.6. The van der Waals surface area contributed by atoms with E-state index < -0.39 is 6.10 Å². The maximum Gasteiger partial charge on any atom is 0.347 e. The second-order valence-corrected chi connectivity index (χ2v) is 4.62. The van der Waals surface area contributed by atoms with Gasteiger partial charge in [0.25, 0.3) is 0 Å². The quantitative estimate of drug-likeness (QED) is 0.748. The van der Waals surface area contributed by atoms with Crippen LogP contribution in [0.15, 0.2) is 18.2 Å². The number of ether oxygens (including phenoxy) is 2. The summed E-state index contributed by atoms with van der Waals surface area (Å²) in [5.41, 5.74) is 1.68. The topological polar surface area (TPSA) is 52.6 Å². The van der Waals surface area contributed by atoms with Crippen LogP contribution >= 0.6 is 0 Å². The maximum absolute atomic E-state index is 11.8. The first kappa shape index (κ1) is 11.3. The summed E-state index contributed by atoms with van der Waals surface area (Å²) in [6.45, 7) is 0.414. The molecule has 1 aliphatic carbocycles. The lowest BCUT2D eigenvalue weighted by Crippen LogP contribution is -2.23. The molecule has 0 bridgehead atoms. The first-order valence-electron chi connectivity index (χ1n) is 6.24. The molecule has 4 heteroatoms. The van der Waals surface area contributed by atoms with E-state index in [1.807, 2.05) is 12.1 Å². The van der Waals surface area contributed by atoms with E-state index in [4.69, 9.17) is 9.47 Å². The van der Waals surface area contributed by atoms with Crippen LogP contribution in [-0.4, -0.2) is 24.5 Å². The Bertz CT molecular complexity index is 507. The fraction of sp³-hybridized carbons (Fsp3) is 0.429. The van der Waals surface area contributed by atoms with Crippen LogP contribution in [0.1, 0.15) is 35.2 Å². The van der Waals surface area contributed by atoms with Crippen LogP contribution in [0.5, 0.6) is 5.75 Å². The molecule has 3 rings (SSSR count). The van der Waals surface area contributed by atoms with Gasteiger partial charge in [-0.05, 0) is 18.9 Å². The van der Waals surface area contributed by atoms with Gasteiger partial charge in [0.1, 0.15) is 5.75 Å². The van der Waals surface area contributed by atoms with E-state index in [1.54, 1.807) is 6.07 Å². The average Bonchev–Trinajstić information content (AvgIpc) is 2.77. The SMILES string of the molecule is O=C1CCCc2c(OC3CCOC3=O)cccc21. The highest BCUT2D eigenvalue weighted by Crippen LogP contribution is 2.31. The van der Waals surface area contributed by atoms with Crippen molar-refractivity contribution < 1.29 is 19.1 Å². The molecule has 1 atom stereocenters. The molecule has 0 saturated carbocycles. The van der Waals surface area contributed by atoms with Crippen molar-refractivity contribution in [2.24, 2.45) is 0 Å². The molecule has 0 aromatic heterocycles. The number of fused-ring (bicyclic) bond motifs is 1. The number of carbonyl (C=O) groups is 2. The van der Waals surface area contributed by atoms with Crippen molar-refractivity contribution in [2.45, 2.75) is 31.8 Å². The van der Waals surface area contributed by atoms with Crippen LogP contribution in [0.3, 0.4) is 0 Å². The molecule has 94 valence electrons. The van der Waals surface area contributed by atoms with Crippen molar-refractivity contribution >= 4 is 11.8 Å². The third kappa shape index (κ3) is 1.88. The van der Waals surface area contributed by atoms with E-state index in [2.05, 4.69) is 0 Å². The first-order chi connectivity index (χ1) is 8.75. The lowest BCUT2D eigenvalue weighted by Gasteiger charge is -2.19. The standard InChI is InChI=1S/C14H14O4/c15-11-5-1-4-10-9(11)3-2-6-12(10)18-13-7-8-17-14(13)16/h2-3,6,13H,1,4-5,7-8H2. The Balaban J connectivity index is 1.90. The Hall–Kier alpha value is -1.84. The molecular weight excluding hydrogens is 232 g/mol. The van der Waals surface area contributed by atoms with Crippen molar-refractivity contribution in [3.63, 3.8) is 0 Å². The summed E-state index contributed by atoms with van der Waals surface area (Å²) in [6, 6.07) is 5.46. The molecule has 1 aliphatic heterocycles. The Labute approximate surface area is 105 Å². The Morgan fingerprint density at radius 3 is 2.89 bits per heavy atom. The van der Waals surface area contributed by atoms with Crippen LogP contribution in [0.4, 0.5) is 0 Å². The van der Waals surface area contributed by atoms with Gasteiger partial charge in [0.2, 0.25) is 0 Å². The number of benzene rings is 1. The average molecular weight is 246 g/mol. The Morgan fingerprint density at radius 1 is 1.22 bits per heavy atom. The third-order valence-electron chi connectivity index (χ3n) is 3.42. The summed E-state index contributed by atoms with van der Waals surface area (Å²) >= 11 is 0. The van der Waals surface area contributed by atoms with Crippen LogP contribution in [0.2, 0.25) is 0 Å². The summed E-state index contributed by atoms with van der Waals surface area (Å²) in [6.07, 6.45) is 2.34. The molecule has 0 amide bonds. The van der Waals surface area contributed by atoms with Crippen LogP contribution in [-0.2, 0) is 16.0 Å². The number of rotatable bonds is 2. The number of cyclic esters (lactones) is 1. The van der Waals surface area contributed by atoms with E-state index in [1.165, 1.54) is 0 Å². The van der Waals surface area contributed by atoms with Crippen molar-refractivity contribution in [3.8, 4) is 5.75 Å². The zero-order chi connectivity index (χ0) is 12.5. The lowest BCUT2D eigenvalue weighted by molar-refractivity contribution is -0.143. The number of hydrogen-bond donors (Lipinski definition) is 0. The van der Waals surface area contributed by atoms with Crippen molar-refractivity contribution in [3.05, 3.63) is 29.3 Å². The second-order valence-electron chi connectivity index (χ2n) is 4.62. The van der Waals surface area contributed by atoms with Gasteiger partial charge >= 0.3 is 5.97 Å². The molecule has 1 heterocycles. The molecule has 2 aliphatic rings. The van der Waals surface area contributed by atoms with E-state index in [-0.39, 0.29) is 11.8 Å². The van der Waals surface area contributed by atoms with Crippen molar-refractivity contribution in [1.82, 2.24) is 0 Å². The third-order valence-corrected chi connectivity index (χ3v) is 3.42. The van der Waals surface area contributed by atoms with Gasteiger partial charge in [0.15, 0.2) is 11.9 Å². The molecule has 1 fully saturated rings. The van der Waals surface area contributed by atoms with Gasteiger partial charge in [0, 0.05) is 24.0 Å². The smallest absolute Gasteiger partial charge is 0.347 e. The van der Waals surface area contributed by atoms with Gasteiger partial charge in [-0.1, -0.05) is 12.1 Å². The fourth-order valence-corrected chi connectivity index (χ4v) is 2.49. The predicted molar refractivity (Wildman–Crippen MR) is 63.7 cm³/mol. The van der Waals surface area contributed by atoms with Crippen molar-refractivity contribution in [2.75, 3.05) is 6.61 Å². The summed E-state index contributed by atoms with van der Waals surface area (Å²) in [5, 5.41) is 0. The van der Waals surface area contributed by atoms with Gasteiger partial charge in [-0.15, -0.1) is 0 Å². The molecule has 1 aromatic rings. The largest absolute Gasteiger partial charge is 0.478 e. The molecule has 0 N–H and O–H groups in total. The summed E-state index contributed by atoms with van der Waals surface area (Å²) in [5.74, 6) is 0.509. The zero-order valence-corrected chi connectivity index (χ0v) is 9.98. The van der Waals surface area contributed by atoms with E-state index in [0.717, 1.165) is 24.0 Å². The molecule has 18 heavy (non-hydrogen) atoms. The van der Waals surface area contributed by atoms with E-state index in [0.29, 0.717) is 25.2 Å². The summed E-state index contributed by atoms with van der Waals surface area (Å²) in [7, 11) is 0. The van der Waals surface area contributed by atoms with Gasteiger partial charge < -0.3 is 9.47 Å². The first-order valence-corrected chi connectivity index (χ1v) is 6.24. The van der Waals surface area contributed by atoms with Crippen LogP contribution < -0.4 is 4.74 Å². The monoisotopic (exact) mass is 246 g/mol. The molecule has 0 spiro atoms. The summed E-state index contributed by atoms with van der Waals surface area (Å²) in [4.78, 5) is 23.2. The number of Topliss-reactive ketones (excluding diaryl/α,β-unsaturated/α-hetero) is 1. The number of ketones is 1. The second kappa shape index (κ2) is 4.44. The van der Waals surface area contributed by atoms with Gasteiger partial charge in [-0.2, -0.15) is 0 Å². The zero-order valence-electron chi connectivity index (χ0n) is 9.98. The van der Waals surface area contributed by atoms with Crippen molar-refractivity contribution in [1.29, 1.82) is 0 Å². The Kier molecular flexibility index (Phi) is 2.78. The predicted octanol–water partition coefficient (Wildman–Crippen LogP) is 1.90. The van der Waals surface area contributed by atoms with E-state index in [9.17, 15) is 9.59 Å². The highest BCUT2D eigenvalue weighted by molar-refractivity contribution is 5.99. The molecule has 4 nitrogen and oxygen atoms in total. The highest BCUT2D eigenvalue weighted by Gasteiger charge is 2.30. The highest BCUT2D eigenvalue weighted by atomic mass is 16.6. The minimum Gasteiger partial charge on any atom is -0.478 e. The van der Waals surface area contributed by atoms with Gasteiger partial charge in [0.05, 0.1) is 6.61 Å². The molecule has 1 saturated heterocycles. The number of carbonyl (C=O) groups excluding carboxylic acids is 2. The number of hydrogen-bond acceptors (Lipinski definition) is 4. The van der Waals surface area contributed by atoms with Crippen LogP contribution in [0, 0.1) is 0 Å². The normalized spacial score (nSPS) is 22.6. The fourth-order valence-electron chi connectivity index (χ4n) is 2.49. The molecular formula is C14H14O4. The van der Waals surface area contributed by atoms with Gasteiger partial charge in [-0.3, -0.25) is 4.79 Å².